The van der Waals surface area contributed by atoms with Gasteiger partial charge in [-0.25, -0.2) is 12.7 Å². The Labute approximate surface area is 152 Å². The quantitative estimate of drug-likeness (QED) is 0.477. The highest BCUT2D eigenvalue weighted by atomic mass is 32.2. The van der Waals surface area contributed by atoms with Gasteiger partial charge in [0, 0.05) is 32.7 Å². The van der Waals surface area contributed by atoms with Gasteiger partial charge in [0.15, 0.2) is 5.96 Å². The zero-order chi connectivity index (χ0) is 18.3. The van der Waals surface area contributed by atoms with Gasteiger partial charge in [0.05, 0.1) is 11.4 Å². The van der Waals surface area contributed by atoms with Crippen LogP contribution >= 0.6 is 0 Å². The summed E-state index contributed by atoms with van der Waals surface area (Å²) < 4.78 is 25.9. The van der Waals surface area contributed by atoms with Crippen molar-refractivity contribution >= 4 is 16.0 Å². The molecule has 1 heterocycles. The minimum absolute atomic E-state index is 0.209. The summed E-state index contributed by atoms with van der Waals surface area (Å²) in [4.78, 5) is 4.25. The molecule has 0 aromatic heterocycles. The van der Waals surface area contributed by atoms with Crippen LogP contribution in [-0.2, 0) is 10.0 Å². The van der Waals surface area contributed by atoms with E-state index in [0.717, 1.165) is 38.5 Å². The van der Waals surface area contributed by atoms with Gasteiger partial charge in [0.2, 0.25) is 10.0 Å². The largest absolute Gasteiger partial charge is 0.388 e. The van der Waals surface area contributed by atoms with Crippen LogP contribution in [0.5, 0.6) is 0 Å². The highest BCUT2D eigenvalue weighted by Gasteiger charge is 2.30. The molecule has 0 unspecified atom stereocenters. The van der Waals surface area contributed by atoms with E-state index < -0.39 is 15.6 Å². The second kappa shape index (κ2) is 9.19. The summed E-state index contributed by atoms with van der Waals surface area (Å²) in [5.74, 6) is 0.918. The number of piperidine rings is 1. The van der Waals surface area contributed by atoms with Crippen LogP contribution in [0.1, 0.15) is 58.3 Å². The van der Waals surface area contributed by atoms with E-state index in [9.17, 15) is 13.5 Å². The molecule has 1 aliphatic carbocycles. The van der Waals surface area contributed by atoms with Crippen molar-refractivity contribution in [2.75, 3.05) is 32.4 Å². The van der Waals surface area contributed by atoms with Gasteiger partial charge in [0.25, 0.3) is 0 Å². The molecule has 0 aromatic rings. The molecule has 8 heteroatoms. The van der Waals surface area contributed by atoms with Crippen molar-refractivity contribution in [3.05, 3.63) is 0 Å². The van der Waals surface area contributed by atoms with Gasteiger partial charge in [-0.3, -0.25) is 4.99 Å². The molecule has 0 amide bonds. The average molecular weight is 375 g/mol. The Kier molecular flexibility index (Phi) is 7.51. The van der Waals surface area contributed by atoms with Gasteiger partial charge < -0.3 is 15.7 Å². The van der Waals surface area contributed by atoms with Crippen molar-refractivity contribution in [1.29, 1.82) is 0 Å². The molecule has 0 radical (unpaired) electrons. The predicted octanol–water partition coefficient (Wildman–Crippen LogP) is 1.05. The van der Waals surface area contributed by atoms with Gasteiger partial charge in [-0.1, -0.05) is 26.2 Å². The van der Waals surface area contributed by atoms with Gasteiger partial charge in [-0.15, -0.1) is 0 Å². The Morgan fingerprint density at radius 3 is 2.44 bits per heavy atom. The minimum Gasteiger partial charge on any atom is -0.388 e. The van der Waals surface area contributed by atoms with Crippen molar-refractivity contribution in [1.82, 2.24) is 14.9 Å². The molecule has 146 valence electrons. The lowest BCUT2D eigenvalue weighted by Gasteiger charge is -2.34. The molecule has 0 spiro atoms. The van der Waals surface area contributed by atoms with E-state index in [1.807, 2.05) is 6.92 Å². The van der Waals surface area contributed by atoms with Crippen LogP contribution in [-0.4, -0.2) is 67.9 Å². The summed E-state index contributed by atoms with van der Waals surface area (Å²) >= 11 is 0. The van der Waals surface area contributed by atoms with Gasteiger partial charge in [0.1, 0.15) is 0 Å². The van der Waals surface area contributed by atoms with Crippen LogP contribution in [0.25, 0.3) is 0 Å². The van der Waals surface area contributed by atoms with E-state index in [0.29, 0.717) is 32.0 Å². The Balaban J connectivity index is 1.77. The highest BCUT2D eigenvalue weighted by molar-refractivity contribution is 7.89. The number of hydrogen-bond acceptors (Lipinski definition) is 4. The molecule has 1 saturated carbocycles. The lowest BCUT2D eigenvalue weighted by Crippen LogP contribution is -2.53. The molecule has 7 nitrogen and oxygen atoms in total. The van der Waals surface area contributed by atoms with E-state index in [-0.39, 0.29) is 11.8 Å². The first kappa shape index (κ1) is 20.5. The Morgan fingerprint density at radius 1 is 1.24 bits per heavy atom. The zero-order valence-corrected chi connectivity index (χ0v) is 16.4. The third-order valence-corrected chi connectivity index (χ3v) is 7.32. The summed E-state index contributed by atoms with van der Waals surface area (Å²) in [7, 11) is -1.37. The van der Waals surface area contributed by atoms with E-state index in [1.165, 1.54) is 6.42 Å². The number of hydrogen-bond donors (Lipinski definition) is 3. The Hall–Kier alpha value is -0.860. The number of nitrogens with zero attached hydrogens (tertiary/aromatic N) is 2. The fraction of sp³-hybridized carbons (Fsp3) is 0.941. The molecule has 1 aliphatic heterocycles. The molecule has 3 N–H and O–H groups in total. The van der Waals surface area contributed by atoms with Crippen LogP contribution in [0.15, 0.2) is 4.99 Å². The number of nitrogens with one attached hydrogen (secondary N) is 2. The topological polar surface area (TPSA) is 94.0 Å². The third kappa shape index (κ3) is 6.11. The molecule has 25 heavy (non-hydrogen) atoms. The smallest absolute Gasteiger partial charge is 0.214 e. The predicted molar refractivity (Wildman–Crippen MR) is 101 cm³/mol. The molecule has 0 aromatic carbocycles. The summed E-state index contributed by atoms with van der Waals surface area (Å²) in [6, 6.07) is 0.209. The summed E-state index contributed by atoms with van der Waals surface area (Å²) in [5.41, 5.74) is -0.631. The molecular formula is C17H34N4O3S. The van der Waals surface area contributed by atoms with Gasteiger partial charge >= 0.3 is 0 Å². The average Bonchev–Trinajstić information content (AvgIpc) is 2.59. The lowest BCUT2D eigenvalue weighted by molar-refractivity contribution is 0.00853. The normalized spacial score (nSPS) is 23.4. The number of rotatable bonds is 6. The van der Waals surface area contributed by atoms with E-state index in [1.54, 1.807) is 11.4 Å². The molecule has 0 atom stereocenters. The summed E-state index contributed by atoms with van der Waals surface area (Å²) in [5, 5.41) is 17.2. The number of aliphatic hydroxyl groups is 1. The highest BCUT2D eigenvalue weighted by Crippen LogP contribution is 2.27. The number of guanidine groups is 1. The van der Waals surface area contributed by atoms with Crippen LogP contribution < -0.4 is 10.6 Å². The standard InChI is InChI=1S/C17H34N4O3S/c1-3-13-25(23,24)21-11-7-15(8-12-21)20-16(18-2)19-14-17(22)9-5-4-6-10-17/h15,22H,3-14H2,1-2H3,(H2,18,19,20). The molecule has 2 fully saturated rings. The zero-order valence-electron chi connectivity index (χ0n) is 15.6. The number of sulfonamides is 1. The monoisotopic (exact) mass is 374 g/mol. The Bertz CT molecular complexity index is 536. The fourth-order valence-corrected chi connectivity index (χ4v) is 5.23. The van der Waals surface area contributed by atoms with Crippen molar-refractivity contribution < 1.29 is 13.5 Å². The molecular weight excluding hydrogens is 340 g/mol. The van der Waals surface area contributed by atoms with Crippen molar-refractivity contribution in [3.63, 3.8) is 0 Å². The van der Waals surface area contributed by atoms with Crippen LogP contribution in [0.4, 0.5) is 0 Å². The minimum atomic E-state index is -3.10. The number of aliphatic imine (C=N–C) groups is 1. The second-order valence-electron chi connectivity index (χ2n) is 7.34. The van der Waals surface area contributed by atoms with E-state index in [2.05, 4.69) is 15.6 Å². The Morgan fingerprint density at radius 2 is 1.88 bits per heavy atom. The first-order chi connectivity index (χ1) is 11.9. The molecule has 0 bridgehead atoms. The van der Waals surface area contributed by atoms with Crippen LogP contribution in [0.3, 0.4) is 0 Å². The van der Waals surface area contributed by atoms with E-state index >= 15 is 0 Å². The van der Waals surface area contributed by atoms with Crippen LogP contribution in [0.2, 0.25) is 0 Å². The van der Waals surface area contributed by atoms with Gasteiger partial charge in [-0.05, 0) is 32.1 Å². The van der Waals surface area contributed by atoms with Gasteiger partial charge in [-0.2, -0.15) is 0 Å². The van der Waals surface area contributed by atoms with Crippen LogP contribution in [0, 0.1) is 0 Å². The molecule has 2 rings (SSSR count). The maximum Gasteiger partial charge on any atom is 0.214 e. The van der Waals surface area contributed by atoms with Crippen molar-refractivity contribution in [3.8, 4) is 0 Å². The first-order valence-electron chi connectivity index (χ1n) is 9.56. The second-order valence-corrected chi connectivity index (χ2v) is 9.43. The fourth-order valence-electron chi connectivity index (χ4n) is 3.69. The van der Waals surface area contributed by atoms with E-state index in [4.69, 9.17) is 0 Å². The molecule has 1 saturated heterocycles. The SMILES string of the molecule is CCCS(=O)(=O)N1CCC(NC(=NC)NCC2(O)CCCCC2)CC1. The third-order valence-electron chi connectivity index (χ3n) is 5.24. The maximum atomic E-state index is 12.1. The summed E-state index contributed by atoms with van der Waals surface area (Å²) in [6.45, 7) is 3.51. The molecule has 2 aliphatic rings. The summed E-state index contributed by atoms with van der Waals surface area (Å²) in [6.07, 6.45) is 7.23. The first-order valence-corrected chi connectivity index (χ1v) is 11.2. The maximum absolute atomic E-state index is 12.1. The van der Waals surface area contributed by atoms with Crippen molar-refractivity contribution in [2.24, 2.45) is 4.99 Å². The van der Waals surface area contributed by atoms with Crippen molar-refractivity contribution in [2.45, 2.75) is 69.9 Å². The lowest BCUT2D eigenvalue weighted by atomic mass is 9.85.